The Morgan fingerprint density at radius 1 is 1.18 bits per heavy atom. The molecular weight excluding hydrogens is 450 g/mol. The van der Waals surface area contributed by atoms with E-state index in [2.05, 4.69) is 30.9 Å². The molecule has 3 aromatic rings. The molecule has 1 aliphatic rings. The van der Waals surface area contributed by atoms with Crippen molar-refractivity contribution in [3.05, 3.63) is 82.2 Å². The third-order valence-electron chi connectivity index (χ3n) is 6.27. The minimum atomic E-state index is -4.27. The lowest BCUT2D eigenvalue weighted by atomic mass is 9.78. The van der Waals surface area contributed by atoms with Crippen LogP contribution in [0.4, 0.5) is 5.69 Å². The summed E-state index contributed by atoms with van der Waals surface area (Å²) in [6.45, 7) is 8.90. The van der Waals surface area contributed by atoms with Crippen molar-refractivity contribution >= 4 is 38.1 Å². The molecule has 0 amide bonds. The van der Waals surface area contributed by atoms with Crippen LogP contribution in [0.15, 0.2) is 64.3 Å². The van der Waals surface area contributed by atoms with Crippen LogP contribution in [0.25, 0.3) is 16.5 Å². The number of para-hydroxylation sites is 1. The van der Waals surface area contributed by atoms with Gasteiger partial charge in [0.2, 0.25) is 5.69 Å². The summed E-state index contributed by atoms with van der Waals surface area (Å²) in [7, 11) is -4.27. The third kappa shape index (κ3) is 4.35. The lowest BCUT2D eigenvalue weighted by molar-refractivity contribution is -0.437. The van der Waals surface area contributed by atoms with Crippen LogP contribution < -0.4 is 5.63 Å². The summed E-state index contributed by atoms with van der Waals surface area (Å²) >= 11 is 0. The zero-order valence-corrected chi connectivity index (χ0v) is 19.9. The molecule has 0 saturated carbocycles. The molecule has 1 aromatic heterocycles. The van der Waals surface area contributed by atoms with Crippen molar-refractivity contribution in [3.63, 3.8) is 0 Å². The van der Waals surface area contributed by atoms with Crippen molar-refractivity contribution in [2.45, 2.75) is 32.1 Å². The van der Waals surface area contributed by atoms with Gasteiger partial charge >= 0.3 is 5.63 Å². The Labute approximate surface area is 199 Å². The lowest BCUT2D eigenvalue weighted by Crippen LogP contribution is -2.32. The normalized spacial score (nSPS) is 14.8. The summed E-state index contributed by atoms with van der Waals surface area (Å²) in [4.78, 5) is 13.0. The minimum Gasteiger partial charge on any atom is -0.748 e. The first kappa shape index (κ1) is 23.7. The van der Waals surface area contributed by atoms with Gasteiger partial charge in [-0.3, -0.25) is 0 Å². The molecule has 0 N–H and O–H groups in total. The summed E-state index contributed by atoms with van der Waals surface area (Å²) < 4.78 is 40.7. The van der Waals surface area contributed by atoms with Gasteiger partial charge in [0.1, 0.15) is 12.1 Å². The van der Waals surface area contributed by atoms with Crippen LogP contribution in [-0.2, 0) is 15.5 Å². The summed E-state index contributed by atoms with van der Waals surface area (Å²) in [6, 6.07) is 14.9. The van der Waals surface area contributed by atoms with E-state index in [0.29, 0.717) is 35.2 Å². The van der Waals surface area contributed by atoms with Crippen molar-refractivity contribution < 1.29 is 22.0 Å². The zero-order valence-electron chi connectivity index (χ0n) is 19.1. The number of hydrogen-bond donors (Lipinski definition) is 0. The van der Waals surface area contributed by atoms with E-state index < -0.39 is 26.9 Å². The van der Waals surface area contributed by atoms with Gasteiger partial charge in [-0.1, -0.05) is 30.7 Å². The summed E-state index contributed by atoms with van der Waals surface area (Å²) in [5.74, 6) is 2.13. The highest BCUT2D eigenvalue weighted by Gasteiger charge is 2.47. The Balaban J connectivity index is 1.80. The lowest BCUT2D eigenvalue weighted by Gasteiger charge is -2.19. The van der Waals surface area contributed by atoms with Gasteiger partial charge in [-0.2, -0.15) is 4.58 Å². The first-order valence-corrected chi connectivity index (χ1v) is 12.5. The van der Waals surface area contributed by atoms with Gasteiger partial charge in [0.15, 0.2) is 5.71 Å². The van der Waals surface area contributed by atoms with Crippen LogP contribution in [0.1, 0.15) is 43.4 Å². The maximum atomic E-state index is 13.0. The van der Waals surface area contributed by atoms with Gasteiger partial charge in [-0.15, -0.1) is 6.42 Å². The van der Waals surface area contributed by atoms with Gasteiger partial charge in [-0.05, 0) is 44.5 Å². The second-order valence-electron chi connectivity index (χ2n) is 8.93. The molecule has 6 nitrogen and oxygen atoms in total. The molecule has 1 aliphatic heterocycles. The molecule has 0 bridgehead atoms. The maximum absolute atomic E-state index is 13.0. The van der Waals surface area contributed by atoms with Crippen molar-refractivity contribution in [1.82, 2.24) is 0 Å². The van der Waals surface area contributed by atoms with E-state index in [1.807, 2.05) is 30.3 Å². The number of unbranched alkanes of at least 4 members (excludes halogenated alkanes) is 1. The first-order valence-electron chi connectivity index (χ1n) is 10.9. The number of fused-ring (bicyclic) bond motifs is 2. The van der Waals surface area contributed by atoms with E-state index >= 15 is 0 Å². The van der Waals surface area contributed by atoms with Crippen LogP contribution in [0, 0.1) is 12.3 Å². The van der Waals surface area contributed by atoms with E-state index in [1.165, 1.54) is 0 Å². The molecule has 0 unspecified atom stereocenters. The van der Waals surface area contributed by atoms with E-state index in [4.69, 9.17) is 10.8 Å². The van der Waals surface area contributed by atoms with Crippen molar-refractivity contribution in [3.8, 4) is 12.3 Å². The van der Waals surface area contributed by atoms with Crippen molar-refractivity contribution in [1.29, 1.82) is 0 Å². The van der Waals surface area contributed by atoms with Crippen molar-refractivity contribution in [2.24, 2.45) is 0 Å². The van der Waals surface area contributed by atoms with Gasteiger partial charge in [-0.25, -0.2) is 13.2 Å². The zero-order chi connectivity index (χ0) is 24.7. The average molecular weight is 476 g/mol. The molecule has 0 radical (unpaired) electrons. The highest BCUT2D eigenvalue weighted by atomic mass is 32.2. The third-order valence-corrected chi connectivity index (χ3v) is 7.06. The predicted octanol–water partition coefficient (Wildman–Crippen LogP) is 4.19. The van der Waals surface area contributed by atoms with E-state index in [-0.39, 0.29) is 6.42 Å². The Morgan fingerprint density at radius 2 is 1.91 bits per heavy atom. The van der Waals surface area contributed by atoms with Gasteiger partial charge in [0.25, 0.3) is 0 Å². The van der Waals surface area contributed by atoms with Crippen LogP contribution in [-0.4, -0.2) is 35.6 Å². The van der Waals surface area contributed by atoms with Crippen LogP contribution in [0.2, 0.25) is 0 Å². The topological polar surface area (TPSA) is 90.4 Å². The number of terminal acetylenes is 1. The number of rotatable bonds is 7. The number of nitrogens with zero attached hydrogens (tertiary/aromatic N) is 1. The Kier molecular flexibility index (Phi) is 6.07. The molecule has 4 rings (SSSR count). The predicted molar refractivity (Wildman–Crippen MR) is 133 cm³/mol. The molecule has 7 heteroatoms. The van der Waals surface area contributed by atoms with Gasteiger partial charge < -0.3 is 8.97 Å². The summed E-state index contributed by atoms with van der Waals surface area (Å²) in [5.41, 5.74) is 3.82. The quantitative estimate of drug-likeness (QED) is 0.168. The number of benzene rings is 2. The Bertz CT molecular complexity index is 1550. The highest BCUT2D eigenvalue weighted by Crippen LogP contribution is 2.43. The van der Waals surface area contributed by atoms with Crippen LogP contribution in [0.3, 0.4) is 0 Å². The molecule has 2 aromatic carbocycles. The van der Waals surface area contributed by atoms with Crippen LogP contribution >= 0.6 is 0 Å². The largest absolute Gasteiger partial charge is 0.748 e. The van der Waals surface area contributed by atoms with Crippen molar-refractivity contribution in [2.75, 3.05) is 12.3 Å². The average Bonchev–Trinajstić information content (AvgIpc) is 3.01. The number of hydrogen-bond acceptors (Lipinski definition) is 5. The molecule has 0 saturated heterocycles. The SMILES string of the molecule is C#Cc1ccc2cc(C(=C)C3=[N+](CCCCS(=O)(=O)[O-])c4ccccc4C3(C)C)c(=O)oc2c1. The smallest absolute Gasteiger partial charge is 0.344 e. The molecule has 0 spiro atoms. The fourth-order valence-electron chi connectivity index (χ4n) is 4.68. The monoisotopic (exact) mass is 475 g/mol. The molecular formula is C27H25NO5S. The molecule has 0 fully saturated rings. The molecule has 2 heterocycles. The fourth-order valence-corrected chi connectivity index (χ4v) is 5.24. The summed E-state index contributed by atoms with van der Waals surface area (Å²) in [6.07, 6.45) is 6.20. The van der Waals surface area contributed by atoms with E-state index in [0.717, 1.165) is 22.3 Å². The molecule has 34 heavy (non-hydrogen) atoms. The van der Waals surface area contributed by atoms with Crippen LogP contribution in [0.5, 0.6) is 0 Å². The van der Waals surface area contributed by atoms with Gasteiger partial charge in [0.05, 0.1) is 21.1 Å². The highest BCUT2D eigenvalue weighted by molar-refractivity contribution is 7.85. The molecule has 0 atom stereocenters. The minimum absolute atomic E-state index is 0.250. The Morgan fingerprint density at radius 3 is 2.62 bits per heavy atom. The second kappa shape index (κ2) is 8.71. The van der Waals surface area contributed by atoms with E-state index in [9.17, 15) is 17.8 Å². The molecule has 174 valence electrons. The fraction of sp³-hybridized carbons (Fsp3) is 0.259. The first-order chi connectivity index (χ1) is 16.0. The Hall–Kier alpha value is -3.47. The standard InChI is InChI=1S/C27H25NO5S/c1-5-19-12-13-20-17-21(26(29)33-24(20)16-19)18(2)25-27(3,4)22-10-6-7-11-23(22)28(25)14-8-9-15-34(30,31)32/h1,6-7,10-13,16-17H,2,8-9,14-15H2,3-4H3. The number of allylic oxidation sites excluding steroid dienone is 1. The summed E-state index contributed by atoms with van der Waals surface area (Å²) in [5, 5.41) is 0.732. The molecule has 0 aliphatic carbocycles. The second-order valence-corrected chi connectivity index (χ2v) is 10.5. The maximum Gasteiger partial charge on any atom is 0.344 e. The van der Waals surface area contributed by atoms with Gasteiger partial charge in [0, 0.05) is 40.3 Å². The van der Waals surface area contributed by atoms with E-state index in [1.54, 1.807) is 18.2 Å².